The van der Waals surface area contributed by atoms with E-state index in [2.05, 4.69) is 21.2 Å². The molecule has 0 heterocycles. The molecule has 0 aromatic heterocycles. The minimum absolute atomic E-state index is 0.150. The quantitative estimate of drug-likeness (QED) is 0.811. The Labute approximate surface area is 103 Å². The van der Waals surface area contributed by atoms with E-state index in [1.807, 2.05) is 20.8 Å². The van der Waals surface area contributed by atoms with Crippen molar-refractivity contribution in [3.05, 3.63) is 33.8 Å². The van der Waals surface area contributed by atoms with Crippen LogP contribution in [0.4, 0.5) is 8.78 Å². The van der Waals surface area contributed by atoms with Crippen LogP contribution in [0, 0.1) is 17.0 Å². The van der Waals surface area contributed by atoms with Crippen molar-refractivity contribution in [2.24, 2.45) is 5.41 Å². The second kappa shape index (κ2) is 4.80. The summed E-state index contributed by atoms with van der Waals surface area (Å²) in [6.45, 7) is 5.94. The molecule has 1 rings (SSSR count). The average Bonchev–Trinajstić information content (AvgIpc) is 2.12. The zero-order valence-electron chi connectivity index (χ0n) is 9.87. The molecular weight excluding hydrogens is 276 g/mol. The summed E-state index contributed by atoms with van der Waals surface area (Å²) in [7, 11) is 1.75. The van der Waals surface area contributed by atoms with Crippen molar-refractivity contribution in [1.82, 2.24) is 5.32 Å². The molecule has 1 N–H and O–H groups in total. The topological polar surface area (TPSA) is 12.0 Å². The SMILES string of the molecule is CNC(c1cc(F)c(Br)cc1F)C(C)(C)C. The lowest BCUT2D eigenvalue weighted by atomic mass is 9.82. The third-order valence-corrected chi connectivity index (χ3v) is 3.11. The highest BCUT2D eigenvalue weighted by Crippen LogP contribution is 2.35. The first-order valence-electron chi connectivity index (χ1n) is 5.09. The molecule has 0 aliphatic carbocycles. The van der Waals surface area contributed by atoms with Gasteiger partial charge in [0.05, 0.1) is 4.47 Å². The van der Waals surface area contributed by atoms with E-state index in [-0.39, 0.29) is 15.9 Å². The molecule has 1 aromatic rings. The largest absolute Gasteiger partial charge is 0.312 e. The van der Waals surface area contributed by atoms with Crippen molar-refractivity contribution >= 4 is 15.9 Å². The highest BCUT2D eigenvalue weighted by atomic mass is 79.9. The van der Waals surface area contributed by atoms with Gasteiger partial charge >= 0.3 is 0 Å². The van der Waals surface area contributed by atoms with Crippen molar-refractivity contribution < 1.29 is 8.78 Å². The summed E-state index contributed by atoms with van der Waals surface area (Å²) in [6, 6.07) is 2.18. The Hall–Kier alpha value is -0.480. The Kier molecular flexibility index (Phi) is 4.07. The molecular formula is C12H16BrF2N. The van der Waals surface area contributed by atoms with Gasteiger partial charge in [0.25, 0.3) is 0 Å². The lowest BCUT2D eigenvalue weighted by Gasteiger charge is -2.31. The van der Waals surface area contributed by atoms with Crippen LogP contribution in [0.3, 0.4) is 0 Å². The lowest BCUT2D eigenvalue weighted by molar-refractivity contribution is 0.279. The van der Waals surface area contributed by atoms with Gasteiger partial charge in [-0.05, 0) is 40.5 Å². The van der Waals surface area contributed by atoms with Gasteiger partial charge in [-0.15, -0.1) is 0 Å². The van der Waals surface area contributed by atoms with Gasteiger partial charge in [0.2, 0.25) is 0 Å². The number of rotatable bonds is 2. The molecule has 4 heteroatoms. The summed E-state index contributed by atoms with van der Waals surface area (Å²) in [5.41, 5.74) is 0.172. The Morgan fingerprint density at radius 1 is 1.19 bits per heavy atom. The molecule has 0 amide bonds. The van der Waals surface area contributed by atoms with Gasteiger partial charge in [-0.1, -0.05) is 20.8 Å². The molecule has 1 aromatic carbocycles. The van der Waals surface area contributed by atoms with Gasteiger partial charge in [-0.25, -0.2) is 8.78 Å². The maximum absolute atomic E-state index is 13.8. The fourth-order valence-electron chi connectivity index (χ4n) is 1.81. The van der Waals surface area contributed by atoms with E-state index in [0.29, 0.717) is 5.56 Å². The van der Waals surface area contributed by atoms with Crippen LogP contribution < -0.4 is 5.32 Å². The van der Waals surface area contributed by atoms with E-state index < -0.39 is 11.6 Å². The molecule has 90 valence electrons. The molecule has 16 heavy (non-hydrogen) atoms. The normalized spacial score (nSPS) is 13.9. The minimum Gasteiger partial charge on any atom is -0.312 e. The summed E-state index contributed by atoms with van der Waals surface area (Å²) in [5, 5.41) is 3.02. The van der Waals surface area contributed by atoms with Crippen LogP contribution in [0.2, 0.25) is 0 Å². The van der Waals surface area contributed by atoms with E-state index in [9.17, 15) is 8.78 Å². The Morgan fingerprint density at radius 3 is 2.19 bits per heavy atom. The third kappa shape index (κ3) is 2.80. The molecule has 0 fully saturated rings. The van der Waals surface area contributed by atoms with Gasteiger partial charge < -0.3 is 5.32 Å². The molecule has 0 bridgehead atoms. The van der Waals surface area contributed by atoms with Gasteiger partial charge in [-0.3, -0.25) is 0 Å². The van der Waals surface area contributed by atoms with Crippen molar-refractivity contribution in [3.8, 4) is 0 Å². The Bertz CT molecular complexity index is 385. The third-order valence-electron chi connectivity index (χ3n) is 2.51. The van der Waals surface area contributed by atoms with Gasteiger partial charge in [0.1, 0.15) is 11.6 Å². The maximum Gasteiger partial charge on any atom is 0.137 e. The van der Waals surface area contributed by atoms with Crippen LogP contribution in [0.5, 0.6) is 0 Å². The highest BCUT2D eigenvalue weighted by Gasteiger charge is 2.27. The molecule has 0 saturated carbocycles. The van der Waals surface area contributed by atoms with E-state index >= 15 is 0 Å². The van der Waals surface area contributed by atoms with Gasteiger partial charge in [-0.2, -0.15) is 0 Å². The molecule has 0 aliphatic rings. The molecule has 1 atom stereocenters. The van der Waals surface area contributed by atoms with Crippen LogP contribution in [0.15, 0.2) is 16.6 Å². The lowest BCUT2D eigenvalue weighted by Crippen LogP contribution is -2.30. The summed E-state index contributed by atoms with van der Waals surface area (Å²) in [6.07, 6.45) is 0. The number of hydrogen-bond donors (Lipinski definition) is 1. The van der Waals surface area contributed by atoms with Gasteiger partial charge in [0, 0.05) is 11.6 Å². The number of nitrogens with one attached hydrogen (secondary N) is 1. The summed E-state index contributed by atoms with van der Waals surface area (Å²) in [5.74, 6) is -0.844. The van der Waals surface area contributed by atoms with Gasteiger partial charge in [0.15, 0.2) is 0 Å². The zero-order valence-corrected chi connectivity index (χ0v) is 11.5. The molecule has 1 unspecified atom stereocenters. The second-order valence-corrected chi connectivity index (χ2v) is 5.73. The number of halogens is 3. The smallest absolute Gasteiger partial charge is 0.137 e. The summed E-state index contributed by atoms with van der Waals surface area (Å²) in [4.78, 5) is 0. The molecule has 0 aliphatic heterocycles. The standard InChI is InChI=1S/C12H16BrF2N/c1-12(2,3)11(16-4)7-5-10(15)8(13)6-9(7)14/h5-6,11,16H,1-4H3. The maximum atomic E-state index is 13.8. The first kappa shape index (κ1) is 13.6. The van der Waals surface area contributed by atoms with E-state index in [1.165, 1.54) is 12.1 Å². The first-order chi connectivity index (χ1) is 7.27. The van der Waals surface area contributed by atoms with Crippen LogP contribution >= 0.6 is 15.9 Å². The Balaban J connectivity index is 3.26. The fourth-order valence-corrected chi connectivity index (χ4v) is 2.13. The van der Waals surface area contributed by atoms with Crippen LogP contribution in [0.1, 0.15) is 32.4 Å². The van der Waals surface area contributed by atoms with Crippen LogP contribution in [-0.4, -0.2) is 7.05 Å². The first-order valence-corrected chi connectivity index (χ1v) is 5.88. The van der Waals surface area contributed by atoms with Crippen molar-refractivity contribution in [2.75, 3.05) is 7.05 Å². The molecule has 0 spiro atoms. The van der Waals surface area contributed by atoms with Crippen LogP contribution in [0.25, 0.3) is 0 Å². The summed E-state index contributed by atoms with van der Waals surface area (Å²) < 4.78 is 27.3. The fraction of sp³-hybridized carbons (Fsp3) is 0.500. The van der Waals surface area contributed by atoms with E-state index in [4.69, 9.17) is 0 Å². The zero-order chi connectivity index (χ0) is 12.5. The van der Waals surface area contributed by atoms with Crippen molar-refractivity contribution in [1.29, 1.82) is 0 Å². The highest BCUT2D eigenvalue weighted by molar-refractivity contribution is 9.10. The Morgan fingerprint density at radius 2 is 1.75 bits per heavy atom. The monoisotopic (exact) mass is 291 g/mol. The minimum atomic E-state index is -0.444. The predicted octanol–water partition coefficient (Wildman–Crippen LogP) is 4.03. The van der Waals surface area contributed by atoms with E-state index in [1.54, 1.807) is 7.05 Å². The number of benzene rings is 1. The molecule has 0 saturated heterocycles. The predicted molar refractivity (Wildman–Crippen MR) is 65.3 cm³/mol. The summed E-state index contributed by atoms with van der Waals surface area (Å²) >= 11 is 2.97. The van der Waals surface area contributed by atoms with E-state index in [0.717, 1.165) is 0 Å². The average molecular weight is 292 g/mol. The number of hydrogen-bond acceptors (Lipinski definition) is 1. The van der Waals surface area contributed by atoms with Crippen LogP contribution in [-0.2, 0) is 0 Å². The molecule has 0 radical (unpaired) electrons. The second-order valence-electron chi connectivity index (χ2n) is 4.88. The van der Waals surface area contributed by atoms with Crippen molar-refractivity contribution in [2.45, 2.75) is 26.8 Å². The van der Waals surface area contributed by atoms with Crippen molar-refractivity contribution in [3.63, 3.8) is 0 Å². The molecule has 1 nitrogen and oxygen atoms in total.